The third-order valence-corrected chi connectivity index (χ3v) is 3.54. The third kappa shape index (κ3) is 6.25. The smallest absolute Gasteiger partial charge is 0.247 e. The molecule has 1 N–H and O–H groups in total. The van der Waals surface area contributed by atoms with Crippen molar-refractivity contribution in [1.82, 2.24) is 10.1 Å². The second-order valence-corrected chi connectivity index (χ2v) is 5.73. The number of anilines is 1. The molecule has 0 atom stereocenters. The van der Waals surface area contributed by atoms with Crippen molar-refractivity contribution in [2.45, 2.75) is 26.7 Å². The number of nitrogens with one attached hydrogen (secondary N) is 1. The van der Waals surface area contributed by atoms with Crippen LogP contribution in [0.5, 0.6) is 0 Å². The molecule has 2 rings (SSSR count). The zero-order valence-electron chi connectivity index (χ0n) is 14.6. The lowest BCUT2D eigenvalue weighted by Gasteiger charge is -2.20. The minimum atomic E-state index is -0.300. The van der Waals surface area contributed by atoms with Gasteiger partial charge in [-0.25, -0.2) is 0 Å². The Kier molecular flexibility index (Phi) is 6.95. The molecule has 0 spiro atoms. The quantitative estimate of drug-likeness (QED) is 0.748. The zero-order chi connectivity index (χ0) is 18.1. The maximum Gasteiger partial charge on any atom is 0.247 e. The summed E-state index contributed by atoms with van der Waals surface area (Å²) in [6, 6.07) is 11.2. The number of hydrogen-bond acceptors (Lipinski definition) is 4. The fourth-order valence-electron chi connectivity index (χ4n) is 2.23. The van der Waals surface area contributed by atoms with Crippen molar-refractivity contribution in [3.05, 3.63) is 53.8 Å². The highest BCUT2D eigenvalue weighted by atomic mass is 16.5. The number of benzene rings is 1. The Morgan fingerprint density at radius 2 is 2.04 bits per heavy atom. The molecule has 6 heteroatoms. The van der Waals surface area contributed by atoms with Gasteiger partial charge in [0, 0.05) is 18.7 Å². The lowest BCUT2D eigenvalue weighted by Crippen LogP contribution is -2.37. The van der Waals surface area contributed by atoms with E-state index in [2.05, 4.69) is 10.5 Å². The van der Waals surface area contributed by atoms with Gasteiger partial charge in [0.1, 0.15) is 12.3 Å². The van der Waals surface area contributed by atoms with Crippen molar-refractivity contribution < 1.29 is 14.1 Å². The summed E-state index contributed by atoms with van der Waals surface area (Å²) in [5, 5.41) is 6.36. The summed E-state index contributed by atoms with van der Waals surface area (Å²) in [6.07, 6.45) is 5.02. The van der Waals surface area contributed by atoms with Crippen LogP contribution in [0.1, 0.15) is 31.1 Å². The molecule has 0 aliphatic rings. The SMILES string of the molecule is CCCCN(CC(=O)Nc1cc(C)on1)C(=O)C=Cc1ccccc1. The number of aryl methyl sites for hydroxylation is 1. The average Bonchev–Trinajstić information content (AvgIpc) is 3.02. The minimum absolute atomic E-state index is 0.0239. The summed E-state index contributed by atoms with van der Waals surface area (Å²) in [4.78, 5) is 26.1. The molecule has 0 saturated heterocycles. The Hall–Kier alpha value is -2.89. The van der Waals surface area contributed by atoms with Crippen molar-refractivity contribution in [1.29, 1.82) is 0 Å². The fourth-order valence-corrected chi connectivity index (χ4v) is 2.23. The molecule has 132 valence electrons. The first kappa shape index (κ1) is 18.4. The van der Waals surface area contributed by atoms with Gasteiger partial charge in [0.15, 0.2) is 5.82 Å². The standard InChI is InChI=1S/C19H23N3O3/c1-3-4-12-22(14-18(23)20-17-13-15(2)25-21-17)19(24)11-10-16-8-6-5-7-9-16/h5-11,13H,3-4,12,14H2,1-2H3,(H,20,21,23). The molecule has 1 aromatic carbocycles. The first-order valence-corrected chi connectivity index (χ1v) is 8.33. The zero-order valence-corrected chi connectivity index (χ0v) is 14.6. The van der Waals surface area contributed by atoms with Gasteiger partial charge in [-0.3, -0.25) is 9.59 Å². The second kappa shape index (κ2) is 9.42. The molecule has 0 saturated carbocycles. The molecule has 1 heterocycles. The van der Waals surface area contributed by atoms with Crippen LogP contribution < -0.4 is 5.32 Å². The second-order valence-electron chi connectivity index (χ2n) is 5.73. The Bertz CT molecular complexity index is 723. The van der Waals surface area contributed by atoms with Crippen LogP contribution in [0.15, 0.2) is 47.0 Å². The van der Waals surface area contributed by atoms with Gasteiger partial charge in [-0.15, -0.1) is 0 Å². The summed E-state index contributed by atoms with van der Waals surface area (Å²) in [5.74, 6) is 0.472. The van der Waals surface area contributed by atoms with E-state index in [1.807, 2.05) is 37.3 Å². The molecule has 0 aliphatic carbocycles. The summed E-state index contributed by atoms with van der Waals surface area (Å²) in [5.41, 5.74) is 0.939. The van der Waals surface area contributed by atoms with Crippen molar-refractivity contribution in [3.8, 4) is 0 Å². The lowest BCUT2D eigenvalue weighted by molar-refractivity contribution is -0.130. The van der Waals surface area contributed by atoms with Crippen LogP contribution in [-0.2, 0) is 9.59 Å². The summed E-state index contributed by atoms with van der Waals surface area (Å²) in [6.45, 7) is 4.29. The number of carbonyl (C=O) groups is 2. The molecule has 25 heavy (non-hydrogen) atoms. The highest BCUT2D eigenvalue weighted by Crippen LogP contribution is 2.08. The minimum Gasteiger partial charge on any atom is -0.360 e. The molecule has 2 amide bonds. The Labute approximate surface area is 147 Å². The predicted molar refractivity (Wildman–Crippen MR) is 96.8 cm³/mol. The molecule has 1 aromatic heterocycles. The summed E-state index contributed by atoms with van der Waals surface area (Å²) >= 11 is 0. The molecular weight excluding hydrogens is 318 g/mol. The monoisotopic (exact) mass is 341 g/mol. The van der Waals surface area contributed by atoms with Gasteiger partial charge in [0.25, 0.3) is 0 Å². The lowest BCUT2D eigenvalue weighted by atomic mass is 10.2. The molecule has 0 unspecified atom stereocenters. The number of amides is 2. The van der Waals surface area contributed by atoms with Gasteiger partial charge in [-0.05, 0) is 25.0 Å². The van der Waals surface area contributed by atoms with Crippen LogP contribution in [0.2, 0.25) is 0 Å². The number of aromatic nitrogens is 1. The molecule has 6 nitrogen and oxygen atoms in total. The first-order chi connectivity index (χ1) is 12.1. The van der Waals surface area contributed by atoms with E-state index in [0.717, 1.165) is 18.4 Å². The molecule has 2 aromatic rings. The molecule has 0 bridgehead atoms. The highest BCUT2D eigenvalue weighted by molar-refractivity contribution is 5.97. The van der Waals surface area contributed by atoms with Gasteiger partial charge in [-0.1, -0.05) is 48.8 Å². The largest absolute Gasteiger partial charge is 0.360 e. The topological polar surface area (TPSA) is 75.4 Å². The van der Waals surface area contributed by atoms with E-state index in [0.29, 0.717) is 18.1 Å². The molecule has 0 aliphatic heterocycles. The predicted octanol–water partition coefficient (Wildman–Crippen LogP) is 3.26. The van der Waals surface area contributed by atoms with Crippen LogP contribution in [0.3, 0.4) is 0 Å². The highest BCUT2D eigenvalue weighted by Gasteiger charge is 2.15. The van der Waals surface area contributed by atoms with Crippen molar-refractivity contribution >= 4 is 23.7 Å². The van der Waals surface area contributed by atoms with E-state index in [1.165, 1.54) is 11.0 Å². The van der Waals surface area contributed by atoms with Crippen LogP contribution in [0.25, 0.3) is 6.08 Å². The van der Waals surface area contributed by atoms with Gasteiger partial charge in [-0.2, -0.15) is 0 Å². The number of unbranched alkanes of at least 4 members (excludes halogenated alkanes) is 1. The summed E-state index contributed by atoms with van der Waals surface area (Å²) < 4.78 is 4.91. The maximum atomic E-state index is 12.4. The van der Waals surface area contributed by atoms with Crippen molar-refractivity contribution in [2.24, 2.45) is 0 Å². The van der Waals surface area contributed by atoms with Gasteiger partial charge < -0.3 is 14.7 Å². The number of rotatable bonds is 8. The van der Waals surface area contributed by atoms with E-state index < -0.39 is 0 Å². The van der Waals surface area contributed by atoms with E-state index in [4.69, 9.17) is 4.52 Å². The van der Waals surface area contributed by atoms with Crippen LogP contribution >= 0.6 is 0 Å². The average molecular weight is 341 g/mol. The normalized spacial score (nSPS) is 10.8. The van der Waals surface area contributed by atoms with Gasteiger partial charge >= 0.3 is 0 Å². The fraction of sp³-hybridized carbons (Fsp3) is 0.316. The van der Waals surface area contributed by atoms with Crippen molar-refractivity contribution in [2.75, 3.05) is 18.4 Å². The Morgan fingerprint density at radius 1 is 1.28 bits per heavy atom. The third-order valence-electron chi connectivity index (χ3n) is 3.54. The van der Waals surface area contributed by atoms with E-state index in [-0.39, 0.29) is 18.4 Å². The first-order valence-electron chi connectivity index (χ1n) is 8.33. The Morgan fingerprint density at radius 3 is 2.68 bits per heavy atom. The van der Waals surface area contributed by atoms with Crippen LogP contribution in [0, 0.1) is 6.92 Å². The van der Waals surface area contributed by atoms with E-state index in [9.17, 15) is 9.59 Å². The number of carbonyl (C=O) groups excluding carboxylic acids is 2. The molecule has 0 radical (unpaired) electrons. The van der Waals surface area contributed by atoms with Crippen molar-refractivity contribution in [3.63, 3.8) is 0 Å². The number of nitrogens with zero attached hydrogens (tertiary/aromatic N) is 2. The van der Waals surface area contributed by atoms with Gasteiger partial charge in [0.2, 0.25) is 11.8 Å². The van der Waals surface area contributed by atoms with E-state index >= 15 is 0 Å². The molecular formula is C19H23N3O3. The molecule has 0 fully saturated rings. The van der Waals surface area contributed by atoms with E-state index in [1.54, 1.807) is 19.1 Å². The number of hydrogen-bond donors (Lipinski definition) is 1. The van der Waals surface area contributed by atoms with Crippen LogP contribution in [0.4, 0.5) is 5.82 Å². The maximum absolute atomic E-state index is 12.4. The Balaban J connectivity index is 1.97. The summed E-state index contributed by atoms with van der Waals surface area (Å²) in [7, 11) is 0. The van der Waals surface area contributed by atoms with Gasteiger partial charge in [0.05, 0.1) is 0 Å². The van der Waals surface area contributed by atoms with Crippen LogP contribution in [-0.4, -0.2) is 35.0 Å².